The highest BCUT2D eigenvalue weighted by molar-refractivity contribution is 6.64. The molecule has 0 aromatic rings. The molecule has 0 fully saturated rings. The van der Waals surface area contributed by atoms with Crippen LogP contribution in [-0.2, 0) is 8.85 Å². The summed E-state index contributed by atoms with van der Waals surface area (Å²) in [6.07, 6.45) is 23.4. The molecule has 0 radical (unpaired) electrons. The zero-order valence-corrected chi connectivity index (χ0v) is 21.6. The Morgan fingerprint density at radius 1 is 0.655 bits per heavy atom. The predicted molar refractivity (Wildman–Crippen MR) is 132 cm³/mol. The maximum absolute atomic E-state index is 6.10. The molecular formula is C26H52O2Si. The van der Waals surface area contributed by atoms with Gasteiger partial charge in [0.2, 0.25) is 0 Å². The lowest BCUT2D eigenvalue weighted by atomic mass is 10.0. The van der Waals surface area contributed by atoms with Crippen LogP contribution in [-0.4, -0.2) is 21.3 Å². The third kappa shape index (κ3) is 20.7. The van der Waals surface area contributed by atoms with Crippen LogP contribution >= 0.6 is 0 Å². The van der Waals surface area contributed by atoms with Crippen molar-refractivity contribution in [3.05, 3.63) is 0 Å². The van der Waals surface area contributed by atoms with Gasteiger partial charge < -0.3 is 8.85 Å². The molecule has 0 saturated heterocycles. The summed E-state index contributed by atoms with van der Waals surface area (Å²) in [6, 6.07) is 0. The van der Waals surface area contributed by atoms with Gasteiger partial charge in [-0.15, -0.1) is 5.92 Å². The van der Waals surface area contributed by atoms with Gasteiger partial charge in [0.05, 0.1) is 0 Å². The Kier molecular flexibility index (Phi) is 20.7. The van der Waals surface area contributed by atoms with E-state index in [0.717, 1.165) is 19.4 Å². The molecule has 0 bridgehead atoms. The van der Waals surface area contributed by atoms with E-state index in [4.69, 9.17) is 8.85 Å². The van der Waals surface area contributed by atoms with Crippen molar-refractivity contribution < 1.29 is 8.85 Å². The lowest BCUT2D eigenvalue weighted by Gasteiger charge is -2.26. The highest BCUT2D eigenvalue weighted by Gasteiger charge is 2.27. The maximum atomic E-state index is 6.10. The first-order chi connectivity index (χ1) is 14.1. The summed E-state index contributed by atoms with van der Waals surface area (Å²) in [6.45, 7) is 11.4. The number of hydrogen-bond donors (Lipinski definition) is 0. The summed E-state index contributed by atoms with van der Waals surface area (Å²) < 4.78 is 12.2. The molecule has 0 aromatic carbocycles. The minimum Gasteiger partial charge on any atom is -0.394 e. The quantitative estimate of drug-likeness (QED) is 0.104. The lowest BCUT2D eigenvalue weighted by molar-refractivity contribution is 0.146. The summed E-state index contributed by atoms with van der Waals surface area (Å²) in [7, 11) is -2.04. The molecule has 0 aromatic heterocycles. The molecule has 0 heterocycles. The summed E-state index contributed by atoms with van der Waals surface area (Å²) in [4.78, 5) is 0. The van der Waals surface area contributed by atoms with E-state index < -0.39 is 8.56 Å². The van der Waals surface area contributed by atoms with Gasteiger partial charge in [0, 0.05) is 6.61 Å². The number of unbranched alkanes of at least 4 members (excludes halogenated alkanes) is 15. The Bertz CT molecular complexity index is 397. The van der Waals surface area contributed by atoms with Crippen LogP contribution in [0.5, 0.6) is 0 Å². The normalized spacial score (nSPS) is 12.6. The van der Waals surface area contributed by atoms with Crippen molar-refractivity contribution >= 4 is 8.56 Å². The van der Waals surface area contributed by atoms with E-state index in [0.29, 0.717) is 0 Å². The monoisotopic (exact) mass is 424 g/mol. The molecule has 172 valence electrons. The molecule has 1 unspecified atom stereocenters. The average molecular weight is 425 g/mol. The molecular weight excluding hydrogens is 372 g/mol. The van der Waals surface area contributed by atoms with E-state index in [-0.39, 0.29) is 6.10 Å². The molecule has 29 heavy (non-hydrogen) atoms. The van der Waals surface area contributed by atoms with Crippen molar-refractivity contribution in [1.82, 2.24) is 0 Å². The smallest absolute Gasteiger partial charge is 0.332 e. The Labute approximate surface area is 185 Å². The summed E-state index contributed by atoms with van der Waals surface area (Å²) >= 11 is 0. The van der Waals surface area contributed by atoms with Crippen LogP contribution in [0.1, 0.15) is 130 Å². The van der Waals surface area contributed by atoms with Gasteiger partial charge >= 0.3 is 8.56 Å². The fraction of sp³-hybridized carbons (Fsp3) is 0.923. The molecule has 0 aliphatic heterocycles. The van der Waals surface area contributed by atoms with Crippen LogP contribution in [0.15, 0.2) is 0 Å². The number of hydrogen-bond acceptors (Lipinski definition) is 2. The zero-order chi connectivity index (χ0) is 21.6. The Balaban J connectivity index is 3.35. The van der Waals surface area contributed by atoms with Gasteiger partial charge in [-0.1, -0.05) is 116 Å². The molecule has 2 nitrogen and oxygen atoms in total. The van der Waals surface area contributed by atoms with E-state index in [9.17, 15) is 0 Å². The summed E-state index contributed by atoms with van der Waals surface area (Å²) in [5, 5.41) is 0. The van der Waals surface area contributed by atoms with Crippen molar-refractivity contribution in [3.8, 4) is 11.8 Å². The van der Waals surface area contributed by atoms with E-state index in [1.54, 1.807) is 0 Å². The second kappa shape index (κ2) is 20.9. The minimum atomic E-state index is -2.04. The molecule has 0 saturated carbocycles. The fourth-order valence-electron chi connectivity index (χ4n) is 3.72. The molecule has 0 amide bonds. The minimum absolute atomic E-state index is 0.0347. The largest absolute Gasteiger partial charge is 0.394 e. The van der Waals surface area contributed by atoms with Crippen LogP contribution in [0.2, 0.25) is 13.1 Å². The van der Waals surface area contributed by atoms with Crippen molar-refractivity contribution in [2.24, 2.45) is 0 Å². The van der Waals surface area contributed by atoms with E-state index >= 15 is 0 Å². The SMILES string of the molecule is CC#CC(CC)O[Si](C)(C)OCCCCCCCCCCCCCCCCCC. The van der Waals surface area contributed by atoms with Crippen LogP contribution in [0.3, 0.4) is 0 Å². The van der Waals surface area contributed by atoms with Gasteiger partial charge in [0.15, 0.2) is 0 Å². The molecule has 0 rings (SSSR count). The molecule has 0 aliphatic carbocycles. The standard InChI is InChI=1S/C26H52O2Si/c1-6-9-10-11-12-13-14-15-16-17-18-19-20-21-22-23-25-27-29(4,5)28-26(8-3)24-7-2/h26H,6,8-23,25H2,1-5H3. The van der Waals surface area contributed by atoms with E-state index in [1.807, 2.05) is 6.92 Å². The van der Waals surface area contributed by atoms with Crippen molar-refractivity contribution in [1.29, 1.82) is 0 Å². The van der Waals surface area contributed by atoms with Crippen LogP contribution < -0.4 is 0 Å². The second-order valence-electron chi connectivity index (χ2n) is 8.96. The Morgan fingerprint density at radius 3 is 1.45 bits per heavy atom. The molecule has 0 aliphatic rings. The van der Waals surface area contributed by atoms with Crippen molar-refractivity contribution in [2.75, 3.05) is 6.61 Å². The Morgan fingerprint density at radius 2 is 1.07 bits per heavy atom. The van der Waals surface area contributed by atoms with Crippen molar-refractivity contribution in [3.63, 3.8) is 0 Å². The van der Waals surface area contributed by atoms with Crippen LogP contribution in [0, 0.1) is 11.8 Å². The van der Waals surface area contributed by atoms with Gasteiger partial charge in [0.1, 0.15) is 6.10 Å². The van der Waals surface area contributed by atoms with E-state index in [1.165, 1.54) is 96.3 Å². The van der Waals surface area contributed by atoms with Gasteiger partial charge in [-0.25, -0.2) is 0 Å². The highest BCUT2D eigenvalue weighted by Crippen LogP contribution is 2.15. The lowest BCUT2D eigenvalue weighted by Crippen LogP contribution is -2.38. The second-order valence-corrected chi connectivity index (χ2v) is 12.3. The third-order valence-electron chi connectivity index (χ3n) is 5.55. The van der Waals surface area contributed by atoms with Gasteiger partial charge in [-0.3, -0.25) is 0 Å². The molecule has 1 atom stereocenters. The number of rotatable bonds is 21. The first kappa shape index (κ1) is 28.7. The van der Waals surface area contributed by atoms with E-state index in [2.05, 4.69) is 38.8 Å². The van der Waals surface area contributed by atoms with Crippen LogP contribution in [0.4, 0.5) is 0 Å². The Hall–Kier alpha value is -0.303. The van der Waals surface area contributed by atoms with Gasteiger partial charge in [0.25, 0.3) is 0 Å². The predicted octanol–water partition coefficient (Wildman–Crippen LogP) is 8.78. The average Bonchev–Trinajstić information content (AvgIpc) is 2.69. The molecule has 3 heteroatoms. The third-order valence-corrected chi connectivity index (χ3v) is 7.30. The first-order valence-corrected chi connectivity index (χ1v) is 15.6. The van der Waals surface area contributed by atoms with Crippen molar-refractivity contribution in [2.45, 2.75) is 149 Å². The maximum Gasteiger partial charge on any atom is 0.332 e. The highest BCUT2D eigenvalue weighted by atomic mass is 28.4. The summed E-state index contributed by atoms with van der Waals surface area (Å²) in [5.74, 6) is 6.09. The molecule has 0 N–H and O–H groups in total. The first-order valence-electron chi connectivity index (χ1n) is 12.8. The fourth-order valence-corrected chi connectivity index (χ4v) is 5.34. The summed E-state index contributed by atoms with van der Waals surface area (Å²) in [5.41, 5.74) is 0. The molecule has 0 spiro atoms. The zero-order valence-electron chi connectivity index (χ0n) is 20.6. The van der Waals surface area contributed by atoms with Gasteiger partial charge in [-0.05, 0) is 32.9 Å². The topological polar surface area (TPSA) is 18.5 Å². The van der Waals surface area contributed by atoms with Gasteiger partial charge in [-0.2, -0.15) is 0 Å². The van der Waals surface area contributed by atoms with Crippen LogP contribution in [0.25, 0.3) is 0 Å².